The van der Waals surface area contributed by atoms with Gasteiger partial charge in [0, 0.05) is 24.0 Å². The van der Waals surface area contributed by atoms with Crippen LogP contribution in [-0.4, -0.2) is 25.7 Å². The highest BCUT2D eigenvalue weighted by atomic mass is 16.6. The lowest BCUT2D eigenvalue weighted by atomic mass is 9.95. The molecule has 306 valence electrons. The van der Waals surface area contributed by atoms with Crippen molar-refractivity contribution in [1.29, 1.82) is 0 Å². The van der Waals surface area contributed by atoms with Gasteiger partial charge in [-0.3, -0.25) is 4.79 Å². The molecule has 0 radical (unpaired) electrons. The van der Waals surface area contributed by atoms with E-state index >= 15 is 0 Å². The summed E-state index contributed by atoms with van der Waals surface area (Å²) < 4.78 is 28.2. The monoisotopic (exact) mass is 809 g/mol. The van der Waals surface area contributed by atoms with Crippen LogP contribution in [0.4, 0.5) is 17.1 Å². The molecule has 0 N–H and O–H groups in total. The van der Waals surface area contributed by atoms with E-state index in [4.69, 9.17) is 23.7 Å². The van der Waals surface area contributed by atoms with Crippen LogP contribution in [0.3, 0.4) is 0 Å². The van der Waals surface area contributed by atoms with Gasteiger partial charge in [0.1, 0.15) is 34.5 Å². The fourth-order valence-electron chi connectivity index (χ4n) is 6.76. The standard InChI is InChI=1S/C53H47NO7/c1-35-7-17-43(18-8-35)54(44-19-9-36(2)10-20-44)45-21-11-40(12-22-45)33-50(41-13-23-46(57-6)24-14-41)42-15-25-47(26-16-42)61-53(56)34-58-51-29-27-48(31-37(51)3)60-49-28-30-52(38(4)32-49)59-39(5)55/h7-33H,34H2,1-6H3. The van der Waals surface area contributed by atoms with E-state index in [0.717, 1.165) is 56.2 Å². The van der Waals surface area contributed by atoms with E-state index in [1.54, 1.807) is 49.6 Å². The summed E-state index contributed by atoms with van der Waals surface area (Å²) in [6.07, 6.45) is 2.16. The number of esters is 2. The van der Waals surface area contributed by atoms with Gasteiger partial charge in [-0.25, -0.2) is 4.79 Å². The van der Waals surface area contributed by atoms with Crippen molar-refractivity contribution in [1.82, 2.24) is 0 Å². The molecule has 7 aromatic rings. The Morgan fingerprint density at radius 3 is 1.46 bits per heavy atom. The topological polar surface area (TPSA) is 83.5 Å². The third kappa shape index (κ3) is 10.7. The highest BCUT2D eigenvalue weighted by molar-refractivity contribution is 5.92. The van der Waals surface area contributed by atoms with Crippen molar-refractivity contribution in [2.24, 2.45) is 0 Å². The number of hydrogen-bond donors (Lipinski definition) is 0. The number of carbonyl (C=O) groups excluding carboxylic acids is 2. The molecule has 0 saturated heterocycles. The second-order valence-electron chi connectivity index (χ2n) is 14.7. The van der Waals surface area contributed by atoms with Crippen LogP contribution in [0.15, 0.2) is 158 Å². The summed E-state index contributed by atoms with van der Waals surface area (Å²) in [6, 6.07) is 51.6. The number of rotatable bonds is 14. The van der Waals surface area contributed by atoms with Crippen LogP contribution in [0.2, 0.25) is 0 Å². The third-order valence-corrected chi connectivity index (χ3v) is 9.97. The third-order valence-electron chi connectivity index (χ3n) is 9.97. The average Bonchev–Trinajstić information content (AvgIpc) is 3.26. The first-order valence-corrected chi connectivity index (χ1v) is 19.9. The van der Waals surface area contributed by atoms with Gasteiger partial charge in [0.15, 0.2) is 6.61 Å². The van der Waals surface area contributed by atoms with E-state index in [0.29, 0.717) is 28.7 Å². The molecule has 0 atom stereocenters. The summed E-state index contributed by atoms with van der Waals surface area (Å²) in [5.41, 5.74) is 11.1. The van der Waals surface area contributed by atoms with Crippen LogP contribution in [0.5, 0.6) is 34.5 Å². The van der Waals surface area contributed by atoms with E-state index < -0.39 is 5.97 Å². The number of carbonyl (C=O) groups is 2. The second kappa shape index (κ2) is 19.0. The number of ether oxygens (including phenoxy) is 5. The Bertz CT molecular complexity index is 2600. The van der Waals surface area contributed by atoms with Gasteiger partial charge in [0.2, 0.25) is 0 Å². The Labute approximate surface area is 357 Å². The van der Waals surface area contributed by atoms with E-state index in [2.05, 4.69) is 97.6 Å². The Balaban J connectivity index is 1.04. The van der Waals surface area contributed by atoms with Gasteiger partial charge in [0.25, 0.3) is 0 Å². The van der Waals surface area contributed by atoms with Gasteiger partial charge in [0.05, 0.1) is 7.11 Å². The molecule has 0 aliphatic carbocycles. The maximum Gasteiger partial charge on any atom is 0.349 e. The fourth-order valence-corrected chi connectivity index (χ4v) is 6.76. The van der Waals surface area contributed by atoms with E-state index in [-0.39, 0.29) is 12.6 Å². The normalized spacial score (nSPS) is 11.1. The molecule has 0 amide bonds. The predicted octanol–water partition coefficient (Wildman–Crippen LogP) is 12.7. The molecule has 61 heavy (non-hydrogen) atoms. The number of nitrogens with zero attached hydrogens (tertiary/aromatic N) is 1. The van der Waals surface area contributed by atoms with Crippen molar-refractivity contribution in [2.75, 3.05) is 18.6 Å². The number of hydrogen-bond acceptors (Lipinski definition) is 8. The largest absolute Gasteiger partial charge is 0.497 e. The van der Waals surface area contributed by atoms with Gasteiger partial charge >= 0.3 is 11.9 Å². The van der Waals surface area contributed by atoms with Crippen LogP contribution in [0.1, 0.15) is 45.9 Å². The van der Waals surface area contributed by atoms with Crippen LogP contribution in [0, 0.1) is 27.7 Å². The molecule has 0 aliphatic heterocycles. The number of methoxy groups -OCH3 is 1. The van der Waals surface area contributed by atoms with Crippen molar-refractivity contribution in [3.63, 3.8) is 0 Å². The Hall–Kier alpha value is -7.58. The first kappa shape index (κ1) is 41.6. The Kier molecular flexibility index (Phi) is 12.9. The van der Waals surface area contributed by atoms with Gasteiger partial charge in [-0.05, 0) is 164 Å². The summed E-state index contributed by atoms with van der Waals surface area (Å²) >= 11 is 0. The molecule has 0 unspecified atom stereocenters. The zero-order valence-corrected chi connectivity index (χ0v) is 35.1. The molecular formula is C53H47NO7. The van der Waals surface area contributed by atoms with Crippen molar-refractivity contribution >= 4 is 40.6 Å². The summed E-state index contributed by atoms with van der Waals surface area (Å²) in [7, 11) is 1.65. The second-order valence-corrected chi connectivity index (χ2v) is 14.7. The van der Waals surface area contributed by atoms with Crippen molar-refractivity contribution < 1.29 is 33.3 Å². The molecule has 0 bridgehead atoms. The molecular weight excluding hydrogens is 763 g/mol. The molecule has 0 fully saturated rings. The molecule has 0 aliphatic rings. The van der Waals surface area contributed by atoms with Crippen molar-refractivity contribution in [3.05, 3.63) is 197 Å². The van der Waals surface area contributed by atoms with Crippen molar-refractivity contribution in [3.8, 4) is 34.5 Å². The predicted molar refractivity (Wildman–Crippen MR) is 242 cm³/mol. The highest BCUT2D eigenvalue weighted by Crippen LogP contribution is 2.36. The van der Waals surface area contributed by atoms with Crippen LogP contribution >= 0.6 is 0 Å². The summed E-state index contributed by atoms with van der Waals surface area (Å²) in [5.74, 6) is 2.45. The van der Waals surface area contributed by atoms with Crippen LogP contribution < -0.4 is 28.6 Å². The molecule has 7 rings (SSSR count). The minimum atomic E-state index is -0.535. The average molecular weight is 810 g/mol. The van der Waals surface area contributed by atoms with Crippen LogP contribution in [0.25, 0.3) is 11.6 Å². The summed E-state index contributed by atoms with van der Waals surface area (Å²) in [4.78, 5) is 26.5. The highest BCUT2D eigenvalue weighted by Gasteiger charge is 2.15. The van der Waals surface area contributed by atoms with E-state index in [1.165, 1.54) is 18.1 Å². The zero-order valence-electron chi connectivity index (χ0n) is 35.1. The molecule has 0 saturated carbocycles. The quantitative estimate of drug-likeness (QED) is 0.0610. The molecule has 0 spiro atoms. The van der Waals surface area contributed by atoms with E-state index in [1.807, 2.05) is 56.3 Å². The smallest absolute Gasteiger partial charge is 0.349 e. The number of benzene rings is 7. The van der Waals surface area contributed by atoms with Crippen LogP contribution in [-0.2, 0) is 9.59 Å². The minimum Gasteiger partial charge on any atom is -0.497 e. The first-order valence-electron chi connectivity index (χ1n) is 19.9. The van der Waals surface area contributed by atoms with Gasteiger partial charge in [-0.15, -0.1) is 0 Å². The number of anilines is 3. The lowest BCUT2D eigenvalue weighted by molar-refractivity contribution is -0.136. The fraction of sp³-hybridized carbons (Fsp3) is 0.132. The molecule has 8 heteroatoms. The van der Waals surface area contributed by atoms with Crippen molar-refractivity contribution in [2.45, 2.75) is 34.6 Å². The van der Waals surface area contributed by atoms with Gasteiger partial charge in [-0.1, -0.05) is 71.8 Å². The Morgan fingerprint density at radius 2 is 0.984 bits per heavy atom. The SMILES string of the molecule is COc1ccc(C(=Cc2ccc(N(c3ccc(C)cc3)c3ccc(C)cc3)cc2)c2ccc(OC(=O)COc3ccc(Oc4ccc(OC(C)=O)c(C)c4)cc3C)cc2)cc1. The maximum atomic E-state index is 12.9. The first-order chi connectivity index (χ1) is 29.5. The van der Waals surface area contributed by atoms with Gasteiger partial charge < -0.3 is 28.6 Å². The van der Waals surface area contributed by atoms with E-state index in [9.17, 15) is 9.59 Å². The lowest BCUT2D eigenvalue weighted by Gasteiger charge is -2.26. The van der Waals surface area contributed by atoms with Gasteiger partial charge in [-0.2, -0.15) is 0 Å². The Morgan fingerprint density at radius 1 is 0.525 bits per heavy atom. The number of aryl methyl sites for hydroxylation is 4. The molecule has 7 aromatic carbocycles. The molecule has 0 heterocycles. The maximum absolute atomic E-state index is 12.9. The lowest BCUT2D eigenvalue weighted by Crippen LogP contribution is -2.18. The zero-order chi connectivity index (χ0) is 42.9. The summed E-state index contributed by atoms with van der Waals surface area (Å²) in [5, 5.41) is 0. The molecule has 0 aromatic heterocycles. The molecule has 8 nitrogen and oxygen atoms in total. The minimum absolute atomic E-state index is 0.280. The summed E-state index contributed by atoms with van der Waals surface area (Å²) in [6.45, 7) is 8.98.